The van der Waals surface area contributed by atoms with Gasteiger partial charge in [-0.25, -0.2) is 15.0 Å². The summed E-state index contributed by atoms with van der Waals surface area (Å²) in [7, 11) is 0. The van der Waals surface area contributed by atoms with E-state index in [1.165, 1.54) is 0 Å². The first kappa shape index (κ1) is 53.4. The van der Waals surface area contributed by atoms with Gasteiger partial charge in [0.15, 0.2) is 17.5 Å². The Morgan fingerprint density at radius 1 is 0.222 bits per heavy atom. The van der Waals surface area contributed by atoms with Crippen molar-refractivity contribution in [3.05, 3.63) is 295 Å². The van der Waals surface area contributed by atoms with E-state index < -0.39 is 0 Å². The van der Waals surface area contributed by atoms with Crippen LogP contribution in [-0.2, 0) is 0 Å². The standard InChI is InChI=1S/C80H44N10/c81-45-50-11-20-55(21-12-50)61-28-34-73-68(40-61)69-41-62(56-22-13-51(46-82)14-23-56)29-35-74(69)89(73)72-38-32-65(80-87-78(59-7-3-1-4-8-59)86-79(88-80)60-9-5-2-6-10-60)44-67(72)66-33-19-54(49-85)39-77(66)90-75-36-30-63(57-24-15-52(47-83)16-25-57)42-70(75)71-43-64(31-37-76(71)90)58-26-17-53(48-84)18-27-58/h1-44H. The van der Waals surface area contributed by atoms with Crippen molar-refractivity contribution in [2.45, 2.75) is 0 Å². The van der Waals surface area contributed by atoms with Gasteiger partial charge in [-0.15, -0.1) is 0 Å². The largest absolute Gasteiger partial charge is 0.309 e. The minimum Gasteiger partial charge on any atom is -0.309 e. The lowest BCUT2D eigenvalue weighted by atomic mass is 9.96. The Morgan fingerprint density at radius 3 is 0.867 bits per heavy atom. The van der Waals surface area contributed by atoms with Crippen LogP contribution in [0.4, 0.5) is 0 Å². The number of hydrogen-bond acceptors (Lipinski definition) is 8. The summed E-state index contributed by atoms with van der Waals surface area (Å²) in [5, 5.41) is 53.8. The average Bonchev–Trinajstić information content (AvgIpc) is 1.60. The summed E-state index contributed by atoms with van der Waals surface area (Å²) in [6.45, 7) is 0. The number of nitriles is 5. The van der Waals surface area contributed by atoms with Gasteiger partial charge in [-0.05, 0) is 172 Å². The molecule has 15 aromatic rings. The lowest BCUT2D eigenvalue weighted by Crippen LogP contribution is -2.04. The van der Waals surface area contributed by atoms with Crippen molar-refractivity contribution >= 4 is 43.6 Å². The molecule has 0 saturated carbocycles. The van der Waals surface area contributed by atoms with Crippen LogP contribution in [0, 0.1) is 56.7 Å². The third-order valence-corrected chi connectivity index (χ3v) is 16.8. The third-order valence-electron chi connectivity index (χ3n) is 16.8. The second-order valence-electron chi connectivity index (χ2n) is 22.0. The summed E-state index contributed by atoms with van der Waals surface area (Å²) in [5.41, 5.74) is 19.8. The highest BCUT2D eigenvalue weighted by molar-refractivity contribution is 6.14. The predicted molar refractivity (Wildman–Crippen MR) is 356 cm³/mol. The fourth-order valence-corrected chi connectivity index (χ4v) is 12.3. The molecule has 10 heteroatoms. The third kappa shape index (κ3) is 9.50. The summed E-state index contributed by atoms with van der Waals surface area (Å²) in [4.78, 5) is 15.6. The topological polar surface area (TPSA) is 167 Å². The van der Waals surface area contributed by atoms with E-state index in [1.807, 2.05) is 176 Å². The van der Waals surface area contributed by atoms with Crippen LogP contribution in [0.15, 0.2) is 267 Å². The lowest BCUT2D eigenvalue weighted by molar-refractivity contribution is 1.07. The molecule has 3 heterocycles. The van der Waals surface area contributed by atoms with Crippen molar-refractivity contribution in [1.82, 2.24) is 24.1 Å². The van der Waals surface area contributed by atoms with Gasteiger partial charge in [-0.1, -0.05) is 140 Å². The Labute approximate surface area is 517 Å². The van der Waals surface area contributed by atoms with Crippen molar-refractivity contribution < 1.29 is 0 Å². The molecule has 90 heavy (non-hydrogen) atoms. The van der Waals surface area contributed by atoms with Crippen molar-refractivity contribution in [3.63, 3.8) is 0 Å². The molecule has 0 atom stereocenters. The first-order valence-electron chi connectivity index (χ1n) is 29.1. The number of hydrogen-bond donors (Lipinski definition) is 0. The van der Waals surface area contributed by atoms with Crippen LogP contribution in [-0.4, -0.2) is 24.1 Å². The molecule has 0 bridgehead atoms. The van der Waals surface area contributed by atoms with Gasteiger partial charge in [-0.3, -0.25) is 0 Å². The first-order valence-corrected chi connectivity index (χ1v) is 29.1. The van der Waals surface area contributed by atoms with E-state index in [9.17, 15) is 26.3 Å². The molecule has 0 amide bonds. The summed E-state index contributed by atoms with van der Waals surface area (Å²) in [6, 6.07) is 100.0. The molecule has 0 unspecified atom stereocenters. The molecule has 15 rings (SSSR count). The zero-order valence-electron chi connectivity index (χ0n) is 47.9. The molecule has 0 N–H and O–H groups in total. The normalized spacial score (nSPS) is 11.1. The quantitative estimate of drug-likeness (QED) is 0.130. The van der Waals surface area contributed by atoms with Crippen LogP contribution >= 0.6 is 0 Å². The van der Waals surface area contributed by atoms with Crippen LogP contribution in [0.1, 0.15) is 27.8 Å². The first-order chi connectivity index (χ1) is 44.3. The van der Waals surface area contributed by atoms with Gasteiger partial charge in [0.1, 0.15) is 0 Å². The summed E-state index contributed by atoms with van der Waals surface area (Å²) in [6.07, 6.45) is 0. The minimum absolute atomic E-state index is 0.463. The van der Waals surface area contributed by atoms with Gasteiger partial charge in [0.05, 0.1) is 91.6 Å². The van der Waals surface area contributed by atoms with E-state index >= 15 is 0 Å². The molecule has 0 radical (unpaired) electrons. The number of rotatable bonds is 10. The number of aromatic nitrogens is 5. The fourth-order valence-electron chi connectivity index (χ4n) is 12.3. The van der Waals surface area contributed by atoms with Crippen LogP contribution in [0.5, 0.6) is 0 Å². The van der Waals surface area contributed by atoms with E-state index in [0.717, 1.165) is 127 Å². The summed E-state index contributed by atoms with van der Waals surface area (Å²) >= 11 is 0. The average molecular weight is 1150 g/mol. The molecule has 0 aliphatic rings. The second kappa shape index (κ2) is 22.3. The maximum atomic E-state index is 10.9. The van der Waals surface area contributed by atoms with Crippen molar-refractivity contribution in [2.75, 3.05) is 0 Å². The van der Waals surface area contributed by atoms with Crippen LogP contribution < -0.4 is 0 Å². The van der Waals surface area contributed by atoms with E-state index in [0.29, 0.717) is 45.3 Å². The number of nitrogens with zero attached hydrogens (tertiary/aromatic N) is 10. The van der Waals surface area contributed by atoms with Crippen LogP contribution in [0.3, 0.4) is 0 Å². The smallest absolute Gasteiger partial charge is 0.164 e. The molecule has 12 aromatic carbocycles. The zero-order valence-corrected chi connectivity index (χ0v) is 47.9. The van der Waals surface area contributed by atoms with Gasteiger partial charge in [-0.2, -0.15) is 26.3 Å². The monoisotopic (exact) mass is 1140 g/mol. The Hall–Kier alpha value is -13.3. The highest BCUT2D eigenvalue weighted by Gasteiger charge is 2.25. The zero-order chi connectivity index (χ0) is 60.8. The summed E-state index contributed by atoms with van der Waals surface area (Å²) in [5.74, 6) is 1.51. The van der Waals surface area contributed by atoms with E-state index in [4.69, 9.17) is 15.0 Å². The molecule has 0 aliphatic heterocycles. The van der Waals surface area contributed by atoms with Crippen LogP contribution in [0.25, 0.3) is 145 Å². The van der Waals surface area contributed by atoms with Gasteiger partial charge in [0.2, 0.25) is 0 Å². The van der Waals surface area contributed by atoms with Gasteiger partial charge < -0.3 is 9.13 Å². The Morgan fingerprint density at radius 2 is 0.522 bits per heavy atom. The fraction of sp³-hybridized carbons (Fsp3) is 0. The highest BCUT2D eigenvalue weighted by Crippen LogP contribution is 2.45. The molecule has 0 spiro atoms. The van der Waals surface area contributed by atoms with Crippen molar-refractivity contribution in [3.8, 4) is 132 Å². The summed E-state index contributed by atoms with van der Waals surface area (Å²) < 4.78 is 4.57. The lowest BCUT2D eigenvalue weighted by Gasteiger charge is -2.20. The molecule has 3 aromatic heterocycles. The molecule has 0 aliphatic carbocycles. The van der Waals surface area contributed by atoms with Gasteiger partial charge in [0.25, 0.3) is 0 Å². The Balaban J connectivity index is 1.03. The molecular weight excluding hydrogens is 1100 g/mol. The predicted octanol–water partition coefficient (Wildman–Crippen LogP) is 18.8. The molecule has 0 fully saturated rings. The van der Waals surface area contributed by atoms with E-state index in [-0.39, 0.29) is 0 Å². The van der Waals surface area contributed by atoms with Crippen LogP contribution in [0.2, 0.25) is 0 Å². The second-order valence-corrected chi connectivity index (χ2v) is 22.0. The molecule has 10 nitrogen and oxygen atoms in total. The minimum atomic E-state index is 0.463. The number of benzene rings is 12. The van der Waals surface area contributed by atoms with E-state index in [2.05, 4.69) is 130 Å². The molecular formula is C80H44N10. The maximum Gasteiger partial charge on any atom is 0.164 e. The van der Waals surface area contributed by atoms with E-state index in [1.54, 1.807) is 0 Å². The Bertz CT molecular complexity index is 5330. The van der Waals surface area contributed by atoms with Crippen molar-refractivity contribution in [2.24, 2.45) is 0 Å². The molecule has 414 valence electrons. The van der Waals surface area contributed by atoms with Gasteiger partial charge >= 0.3 is 0 Å². The Kier molecular flexibility index (Phi) is 13.2. The number of fused-ring (bicyclic) bond motifs is 6. The SMILES string of the molecule is N#Cc1ccc(-c2ccc3c(c2)c2cc(-c4ccc(C#N)cc4)ccc2n3-c2ccc(-c3nc(-c4ccccc4)nc(-c4ccccc4)n3)cc2-c2ccc(C#N)cc2-n2c3ccc(-c4ccc(C#N)cc4)cc3c3cc(-c4ccc(C#N)cc4)ccc32)cc1. The van der Waals surface area contributed by atoms with Crippen molar-refractivity contribution in [1.29, 1.82) is 26.3 Å². The highest BCUT2D eigenvalue weighted by atomic mass is 15.0. The molecule has 0 saturated heterocycles. The maximum absolute atomic E-state index is 10.9. The van der Waals surface area contributed by atoms with Gasteiger partial charge in [0, 0.05) is 49.4 Å².